The van der Waals surface area contributed by atoms with E-state index in [0.29, 0.717) is 11.1 Å². The van der Waals surface area contributed by atoms with Crippen LogP contribution in [0.15, 0.2) is 48.5 Å². The second-order valence-electron chi connectivity index (χ2n) is 4.82. The molecule has 0 atom stereocenters. The van der Waals surface area contributed by atoms with Gasteiger partial charge in [0, 0.05) is 26.5 Å². The molecule has 0 saturated heterocycles. The fraction of sp³-hybridized carbons (Fsp3) is 0.250. The van der Waals surface area contributed by atoms with Gasteiger partial charge in [-0.3, -0.25) is 0 Å². The van der Waals surface area contributed by atoms with Gasteiger partial charge in [0.25, 0.3) is 0 Å². The molecule has 0 fully saturated rings. The third-order valence-corrected chi connectivity index (χ3v) is 6.22. The summed E-state index contributed by atoms with van der Waals surface area (Å²) >= 11 is 0. The Morgan fingerprint density at radius 3 is 1.83 bits per heavy atom. The first-order chi connectivity index (χ1) is 10.9. The Morgan fingerprint density at radius 1 is 0.783 bits per heavy atom. The highest BCUT2D eigenvalue weighted by molar-refractivity contribution is 6.75. The van der Waals surface area contributed by atoms with E-state index in [0.717, 1.165) is 17.3 Å². The summed E-state index contributed by atoms with van der Waals surface area (Å²) in [6, 6.07) is 12.2. The van der Waals surface area contributed by atoms with Crippen LogP contribution in [0.5, 0.6) is 0 Å². The van der Waals surface area contributed by atoms with Crippen molar-refractivity contribution in [2.24, 2.45) is 0 Å². The Bertz CT molecular complexity index is 644. The van der Waals surface area contributed by atoms with E-state index in [1.807, 2.05) is 0 Å². The highest BCUT2D eigenvalue weighted by Crippen LogP contribution is 2.32. The number of alkyl halides is 3. The monoisotopic (exact) mass is 342 g/mol. The lowest BCUT2D eigenvalue weighted by molar-refractivity contribution is -0.137. The number of benzene rings is 2. The normalized spacial score (nSPS) is 12.4. The van der Waals surface area contributed by atoms with Crippen molar-refractivity contribution in [3.63, 3.8) is 0 Å². The molecule has 0 aliphatic rings. The number of halogens is 3. The summed E-state index contributed by atoms with van der Waals surface area (Å²) < 4.78 is 54.5. The molecule has 0 aliphatic carbocycles. The van der Waals surface area contributed by atoms with Gasteiger partial charge < -0.3 is 13.3 Å². The first-order valence-electron chi connectivity index (χ1n) is 6.80. The smallest absolute Gasteiger partial charge is 0.373 e. The Kier molecular flexibility index (Phi) is 5.25. The largest absolute Gasteiger partial charge is 0.536 e. The van der Waals surface area contributed by atoms with Gasteiger partial charge in [-0.25, -0.2) is 0 Å². The van der Waals surface area contributed by atoms with Crippen LogP contribution >= 0.6 is 0 Å². The molecule has 2 aromatic rings. The van der Waals surface area contributed by atoms with E-state index in [-0.39, 0.29) is 0 Å². The van der Waals surface area contributed by atoms with Gasteiger partial charge in [-0.1, -0.05) is 36.4 Å². The van der Waals surface area contributed by atoms with Crippen molar-refractivity contribution in [1.82, 2.24) is 0 Å². The highest BCUT2D eigenvalue weighted by Gasteiger charge is 2.40. The predicted molar refractivity (Wildman–Crippen MR) is 83.3 cm³/mol. The molecule has 0 amide bonds. The summed E-state index contributed by atoms with van der Waals surface area (Å²) in [4.78, 5) is 0. The maximum absolute atomic E-state index is 12.8. The zero-order valence-electron chi connectivity index (χ0n) is 13.0. The quantitative estimate of drug-likeness (QED) is 0.779. The van der Waals surface area contributed by atoms with Crippen molar-refractivity contribution in [3.8, 4) is 11.1 Å². The van der Waals surface area contributed by atoms with Crippen molar-refractivity contribution in [3.05, 3.63) is 54.1 Å². The van der Waals surface area contributed by atoms with Crippen molar-refractivity contribution in [1.29, 1.82) is 0 Å². The molecule has 0 N–H and O–H groups in total. The van der Waals surface area contributed by atoms with Crippen LogP contribution in [0.1, 0.15) is 5.56 Å². The molecule has 23 heavy (non-hydrogen) atoms. The molecule has 2 rings (SSSR count). The minimum absolute atomic E-state index is 0.492. The number of hydrogen-bond acceptors (Lipinski definition) is 3. The molecule has 0 radical (unpaired) electrons. The van der Waals surface area contributed by atoms with Crippen LogP contribution in [0.3, 0.4) is 0 Å². The van der Waals surface area contributed by atoms with Gasteiger partial charge in [0.15, 0.2) is 0 Å². The molecule has 0 saturated carbocycles. The Labute approximate surface area is 134 Å². The van der Waals surface area contributed by atoms with Crippen LogP contribution in [0, 0.1) is 0 Å². The summed E-state index contributed by atoms with van der Waals surface area (Å²) in [5.74, 6) is 0. The predicted octanol–water partition coefficient (Wildman–Crippen LogP) is 3.46. The van der Waals surface area contributed by atoms with E-state index in [2.05, 4.69) is 0 Å². The third kappa shape index (κ3) is 3.64. The van der Waals surface area contributed by atoms with E-state index in [1.54, 1.807) is 30.3 Å². The lowest BCUT2D eigenvalue weighted by atomic mass is 10.0. The Balaban J connectivity index is 2.37. The zero-order chi connectivity index (χ0) is 17.1. The maximum Gasteiger partial charge on any atom is 0.536 e. The Morgan fingerprint density at radius 2 is 1.35 bits per heavy atom. The van der Waals surface area contributed by atoms with E-state index >= 15 is 0 Å². The van der Waals surface area contributed by atoms with Crippen molar-refractivity contribution >= 4 is 14.0 Å². The summed E-state index contributed by atoms with van der Waals surface area (Å²) in [7, 11) is 1.56. The third-order valence-electron chi connectivity index (χ3n) is 3.57. The van der Waals surface area contributed by atoms with Crippen LogP contribution in [0.2, 0.25) is 0 Å². The first-order valence-corrected chi connectivity index (χ1v) is 8.52. The average molecular weight is 342 g/mol. The summed E-state index contributed by atoms with van der Waals surface area (Å²) in [6.45, 7) is 0. The second-order valence-corrected chi connectivity index (χ2v) is 7.74. The van der Waals surface area contributed by atoms with Crippen LogP contribution in [0.4, 0.5) is 13.2 Å². The summed E-state index contributed by atoms with van der Waals surface area (Å²) in [5, 5.41) is 0.737. The molecule has 124 valence electrons. The lowest BCUT2D eigenvalue weighted by Gasteiger charge is -2.24. The molecule has 0 aliphatic heterocycles. The molecule has 0 heterocycles. The van der Waals surface area contributed by atoms with Crippen molar-refractivity contribution in [2.75, 3.05) is 21.3 Å². The fourth-order valence-corrected chi connectivity index (χ4v) is 4.13. The standard InChI is InChI=1S/C16H17F3O3Si/c1-20-23(21-2,22-3)15-9-7-12(8-10-15)13-5-4-6-14(11-13)16(17,18)19/h4-11H,1-3H3. The van der Waals surface area contributed by atoms with Gasteiger partial charge in [-0.15, -0.1) is 0 Å². The van der Waals surface area contributed by atoms with Gasteiger partial charge in [-0.05, 0) is 23.3 Å². The van der Waals surface area contributed by atoms with Gasteiger partial charge in [0.1, 0.15) is 0 Å². The van der Waals surface area contributed by atoms with Crippen molar-refractivity contribution < 1.29 is 26.4 Å². The molecular weight excluding hydrogens is 325 g/mol. The van der Waals surface area contributed by atoms with Crippen molar-refractivity contribution in [2.45, 2.75) is 6.18 Å². The molecule has 7 heteroatoms. The second kappa shape index (κ2) is 6.84. The topological polar surface area (TPSA) is 27.7 Å². The van der Waals surface area contributed by atoms with E-state index in [4.69, 9.17) is 13.3 Å². The fourth-order valence-electron chi connectivity index (χ4n) is 2.35. The van der Waals surface area contributed by atoms with E-state index in [9.17, 15) is 13.2 Å². The molecular formula is C16H17F3O3Si. The number of hydrogen-bond donors (Lipinski definition) is 0. The highest BCUT2D eigenvalue weighted by atomic mass is 28.4. The van der Waals surface area contributed by atoms with Crippen LogP contribution in [0.25, 0.3) is 11.1 Å². The molecule has 0 spiro atoms. The van der Waals surface area contributed by atoms with Gasteiger partial charge in [-0.2, -0.15) is 13.2 Å². The zero-order valence-corrected chi connectivity index (χ0v) is 14.0. The lowest BCUT2D eigenvalue weighted by Crippen LogP contribution is -2.54. The molecule has 0 aromatic heterocycles. The molecule has 0 unspecified atom stereocenters. The number of rotatable bonds is 5. The van der Waals surface area contributed by atoms with Crippen LogP contribution in [-0.4, -0.2) is 30.1 Å². The van der Waals surface area contributed by atoms with E-state index in [1.165, 1.54) is 27.4 Å². The first kappa shape index (κ1) is 17.7. The van der Waals surface area contributed by atoms with Gasteiger partial charge in [0.2, 0.25) is 0 Å². The van der Waals surface area contributed by atoms with Crippen LogP contribution in [-0.2, 0) is 19.5 Å². The molecule has 2 aromatic carbocycles. The minimum atomic E-state index is -4.36. The maximum atomic E-state index is 12.8. The summed E-state index contributed by atoms with van der Waals surface area (Å²) in [6.07, 6.45) is -4.36. The summed E-state index contributed by atoms with van der Waals surface area (Å²) in [5.41, 5.74) is 0.491. The van der Waals surface area contributed by atoms with Gasteiger partial charge in [0.05, 0.1) is 5.56 Å². The Hall–Kier alpha value is -1.67. The average Bonchev–Trinajstić information content (AvgIpc) is 2.57. The van der Waals surface area contributed by atoms with E-state index < -0.39 is 20.5 Å². The minimum Gasteiger partial charge on any atom is -0.373 e. The van der Waals surface area contributed by atoms with Gasteiger partial charge >= 0.3 is 15.0 Å². The van der Waals surface area contributed by atoms with Crippen LogP contribution < -0.4 is 5.19 Å². The SMILES string of the molecule is CO[Si](OC)(OC)c1ccc(-c2cccc(C(F)(F)F)c2)cc1. The molecule has 3 nitrogen and oxygen atoms in total. The molecule has 0 bridgehead atoms.